The Labute approximate surface area is 604 Å². The van der Waals surface area contributed by atoms with Crippen LogP contribution in [0.15, 0.2) is 158 Å². The largest absolute Gasteiger partial charge is 0.507 e. The molecule has 1 aliphatic carbocycles. The van der Waals surface area contributed by atoms with Gasteiger partial charge in [0.15, 0.2) is 0 Å². The molecule has 2 aliphatic rings. The molecule has 10 aromatic carbocycles. The molecule has 102 heavy (non-hydrogen) atoms. The van der Waals surface area contributed by atoms with Crippen molar-refractivity contribution in [3.8, 4) is 45.6 Å². The molecule has 1 heterocycles. The maximum absolute atomic E-state index is 15.3. The SMILES string of the molecule is CC(C)(C)c1cc2c3c(c1)Cc1cc(C(C)(C)C)cc(c1OCCOc1cc4ccccc4cc1C(=O)Oc1ccc4ccccc4c1-c1c(O)ccc4ccccc14)Cc1cc(C(C)(C)C)cc(c1C(C)(C)C)Cc1cc(C(C)(C)C)cc(c1OCCOCCOCCOCCOCCO3)C2. The third-order valence-electron chi connectivity index (χ3n) is 19.7. The highest BCUT2D eigenvalue weighted by Gasteiger charge is 2.33. The summed E-state index contributed by atoms with van der Waals surface area (Å²) in [5.41, 5.74) is 15.2. The fourth-order valence-corrected chi connectivity index (χ4v) is 14.4. The second-order valence-electron chi connectivity index (χ2n) is 32.8. The smallest absolute Gasteiger partial charge is 0.347 e. The van der Waals surface area contributed by atoms with Gasteiger partial charge in [0, 0.05) is 36.8 Å². The summed E-state index contributed by atoms with van der Waals surface area (Å²) in [5, 5.41) is 17.1. The van der Waals surface area contributed by atoms with Crippen LogP contribution in [0.3, 0.4) is 0 Å². The summed E-state index contributed by atoms with van der Waals surface area (Å²) >= 11 is 0. The van der Waals surface area contributed by atoms with E-state index in [1.807, 2.05) is 103 Å². The Morgan fingerprint density at radius 1 is 0.363 bits per heavy atom. The van der Waals surface area contributed by atoms with E-state index in [0.717, 1.165) is 82.9 Å². The summed E-state index contributed by atoms with van der Waals surface area (Å²) in [7, 11) is 0. The van der Waals surface area contributed by atoms with E-state index in [0.29, 0.717) is 114 Å². The molecule has 0 saturated heterocycles. The number of phenols is 1. The van der Waals surface area contributed by atoms with Crippen molar-refractivity contribution in [2.75, 3.05) is 79.3 Å². The number of rotatable bonds is 8. The van der Waals surface area contributed by atoms with Crippen LogP contribution >= 0.6 is 0 Å². The van der Waals surface area contributed by atoms with E-state index in [1.54, 1.807) is 6.07 Å². The molecule has 0 aromatic heterocycles. The molecular formula is C91H104O11. The van der Waals surface area contributed by atoms with E-state index < -0.39 is 5.97 Å². The summed E-state index contributed by atoms with van der Waals surface area (Å²) in [4.78, 5) is 15.3. The number of ether oxygens (including phenoxy) is 9. The van der Waals surface area contributed by atoms with Crippen molar-refractivity contribution in [2.24, 2.45) is 0 Å². The second-order valence-corrected chi connectivity index (χ2v) is 32.8. The van der Waals surface area contributed by atoms with Gasteiger partial charge >= 0.3 is 5.97 Å². The van der Waals surface area contributed by atoms with E-state index in [1.165, 1.54) is 38.9 Å². The predicted molar refractivity (Wildman–Crippen MR) is 413 cm³/mol. The van der Waals surface area contributed by atoms with Crippen molar-refractivity contribution in [1.29, 1.82) is 0 Å². The molecule has 0 atom stereocenters. The topological polar surface area (TPSA) is 120 Å². The molecule has 10 bridgehead atoms. The molecule has 0 spiro atoms. The number of hydrogen-bond donors (Lipinski definition) is 1. The van der Waals surface area contributed by atoms with Gasteiger partial charge in [0.05, 0.1) is 52.9 Å². The quantitative estimate of drug-likeness (QED) is 0.0889. The lowest BCUT2D eigenvalue weighted by Crippen LogP contribution is -2.22. The molecule has 0 fully saturated rings. The first-order chi connectivity index (χ1) is 48.6. The van der Waals surface area contributed by atoms with Crippen molar-refractivity contribution in [2.45, 2.75) is 157 Å². The van der Waals surface area contributed by atoms with Crippen molar-refractivity contribution in [3.05, 3.63) is 236 Å². The fraction of sp³-hybridized carbons (Fsp3) is 0.396. The average Bonchev–Trinajstić information content (AvgIpc) is 0.750. The van der Waals surface area contributed by atoms with Crippen LogP contribution in [0.2, 0.25) is 0 Å². The monoisotopic (exact) mass is 1370 g/mol. The van der Waals surface area contributed by atoms with Gasteiger partial charge in [0.2, 0.25) is 0 Å². The van der Waals surface area contributed by atoms with Gasteiger partial charge in [-0.05, 0) is 156 Å². The second kappa shape index (κ2) is 30.3. The Bertz CT molecular complexity index is 4690. The number of benzene rings is 10. The highest BCUT2D eigenvalue weighted by atomic mass is 16.6. The lowest BCUT2D eigenvalue weighted by atomic mass is 9.73. The van der Waals surface area contributed by atoms with Crippen LogP contribution in [-0.2, 0) is 71.7 Å². The molecule has 534 valence electrons. The summed E-state index contributed by atoms with van der Waals surface area (Å²) in [5.74, 6) is 2.60. The molecule has 11 heteroatoms. The highest BCUT2D eigenvalue weighted by molar-refractivity contribution is 6.11. The Morgan fingerprint density at radius 3 is 1.19 bits per heavy atom. The van der Waals surface area contributed by atoms with E-state index in [2.05, 4.69) is 152 Å². The number of carbonyl (C=O) groups excluding carboxylic acids is 1. The molecule has 11 nitrogen and oxygen atoms in total. The van der Waals surface area contributed by atoms with Crippen LogP contribution in [0.1, 0.15) is 187 Å². The zero-order chi connectivity index (χ0) is 72.3. The molecular weight excluding hydrogens is 1270 g/mol. The Hall–Kier alpha value is -8.71. The van der Waals surface area contributed by atoms with Gasteiger partial charge in [-0.1, -0.05) is 237 Å². The minimum atomic E-state index is -0.603. The van der Waals surface area contributed by atoms with Crippen LogP contribution in [0.5, 0.6) is 34.5 Å². The molecule has 1 N–H and O–H groups in total. The minimum Gasteiger partial charge on any atom is -0.507 e. The molecule has 12 rings (SSSR count). The van der Waals surface area contributed by atoms with Gasteiger partial charge in [0.25, 0.3) is 0 Å². The van der Waals surface area contributed by atoms with Crippen molar-refractivity contribution >= 4 is 38.3 Å². The summed E-state index contributed by atoms with van der Waals surface area (Å²) in [6.45, 7) is 38.9. The van der Waals surface area contributed by atoms with Gasteiger partial charge in [-0.25, -0.2) is 4.79 Å². The van der Waals surface area contributed by atoms with Crippen LogP contribution in [0.25, 0.3) is 43.4 Å². The fourth-order valence-electron chi connectivity index (χ4n) is 14.4. The summed E-state index contributed by atoms with van der Waals surface area (Å²) < 4.78 is 59.7. The van der Waals surface area contributed by atoms with Gasteiger partial charge in [-0.15, -0.1) is 0 Å². The Balaban J connectivity index is 1.01. The summed E-state index contributed by atoms with van der Waals surface area (Å²) in [6, 6.07) is 54.1. The van der Waals surface area contributed by atoms with Crippen molar-refractivity contribution < 1.29 is 52.5 Å². The molecule has 0 unspecified atom stereocenters. The lowest BCUT2D eigenvalue weighted by Gasteiger charge is -2.32. The average molecular weight is 1370 g/mol. The third kappa shape index (κ3) is 16.8. The predicted octanol–water partition coefficient (Wildman–Crippen LogP) is 20.2. The van der Waals surface area contributed by atoms with Gasteiger partial charge in [-0.2, -0.15) is 0 Å². The number of hydrogen-bond acceptors (Lipinski definition) is 11. The molecule has 0 amide bonds. The zero-order valence-electron chi connectivity index (χ0n) is 62.9. The lowest BCUT2D eigenvalue weighted by molar-refractivity contribution is -0.00701. The maximum atomic E-state index is 15.3. The number of esters is 1. The first kappa shape index (κ1) is 73.1. The normalized spacial score (nSPS) is 15.0. The van der Waals surface area contributed by atoms with Crippen molar-refractivity contribution in [3.63, 3.8) is 0 Å². The highest BCUT2D eigenvalue weighted by Crippen LogP contribution is 2.48. The summed E-state index contributed by atoms with van der Waals surface area (Å²) in [6.07, 6.45) is 2.18. The number of aromatic hydroxyl groups is 1. The molecule has 0 radical (unpaired) electrons. The minimum absolute atomic E-state index is 0.0779. The van der Waals surface area contributed by atoms with E-state index >= 15 is 4.79 Å². The van der Waals surface area contributed by atoms with Crippen LogP contribution < -0.4 is 23.7 Å². The van der Waals surface area contributed by atoms with Gasteiger partial charge < -0.3 is 47.7 Å². The standard InChI is InChI=1S/C91H104O11/c1-87(2,3)70-48-62-44-64-50-71(88(4,5)6)52-66-46-68-54-73(90(10,11)12)55-69(85(68)100-41-39-97-37-35-95-33-32-94-34-36-96-38-40-99-83(64)66)47-67-53-72(89(7,8)9)51-65(45-63(49-70)82(62)91(13,14)15)84(67)101-43-42-98-79-57-61-25-17-16-24-60(61)56-76(79)86(93)102-78-31-29-59-23-19-21-27-75(59)81(78)80-74-26-20-18-22-58(74)28-30-77(80)92/h16-31,48-57,92H,32-47H2,1-15H3. The van der Waals surface area contributed by atoms with Crippen LogP contribution in [0, 0.1) is 0 Å². The number of phenolic OH excluding ortho intramolecular Hbond substituents is 1. The Kier molecular flexibility index (Phi) is 21.7. The third-order valence-corrected chi connectivity index (χ3v) is 19.7. The van der Waals surface area contributed by atoms with E-state index in [9.17, 15) is 5.11 Å². The van der Waals surface area contributed by atoms with Gasteiger partial charge in [0.1, 0.15) is 66.5 Å². The van der Waals surface area contributed by atoms with Crippen molar-refractivity contribution in [1.82, 2.24) is 0 Å². The first-order valence-corrected chi connectivity index (χ1v) is 36.5. The van der Waals surface area contributed by atoms with Crippen LogP contribution in [-0.4, -0.2) is 90.4 Å². The molecule has 1 aliphatic heterocycles. The first-order valence-electron chi connectivity index (χ1n) is 36.5. The molecule has 10 aromatic rings. The number of carbonyl (C=O) groups is 1. The van der Waals surface area contributed by atoms with Gasteiger partial charge in [-0.3, -0.25) is 0 Å². The Morgan fingerprint density at radius 2 is 0.725 bits per heavy atom. The zero-order valence-corrected chi connectivity index (χ0v) is 62.9. The van der Waals surface area contributed by atoms with E-state index in [-0.39, 0.29) is 51.6 Å². The number of fused-ring (bicyclic) bond motifs is 7. The molecule has 0 saturated carbocycles. The van der Waals surface area contributed by atoms with E-state index in [4.69, 9.17) is 42.6 Å². The van der Waals surface area contributed by atoms with Crippen LogP contribution in [0.4, 0.5) is 0 Å². The maximum Gasteiger partial charge on any atom is 0.347 e.